The first-order valence-corrected chi connectivity index (χ1v) is 5.42. The maximum absolute atomic E-state index is 11.9. The molecule has 1 saturated heterocycles. The van der Waals surface area contributed by atoms with E-state index in [2.05, 4.69) is 11.9 Å². The summed E-state index contributed by atoms with van der Waals surface area (Å²) in [6.45, 7) is 5.92. The highest BCUT2D eigenvalue weighted by Crippen LogP contribution is 2.29. The van der Waals surface area contributed by atoms with Crippen molar-refractivity contribution in [2.45, 2.75) is 19.3 Å². The van der Waals surface area contributed by atoms with E-state index in [-0.39, 0.29) is 5.91 Å². The Balaban J connectivity index is 2.48. The van der Waals surface area contributed by atoms with Crippen LogP contribution in [0.3, 0.4) is 0 Å². The molecule has 4 nitrogen and oxygen atoms in total. The molecule has 4 heteroatoms. The second-order valence-corrected chi connectivity index (χ2v) is 3.93. The van der Waals surface area contributed by atoms with E-state index in [9.17, 15) is 4.79 Å². The maximum atomic E-state index is 11.9. The molecule has 1 rings (SSSR count). The molecular weight excluding hydrogens is 192 g/mol. The summed E-state index contributed by atoms with van der Waals surface area (Å²) in [5.74, 6) is 0.0650. The van der Waals surface area contributed by atoms with Crippen molar-refractivity contribution >= 4 is 5.91 Å². The largest absolute Gasteiger partial charge is 0.381 e. The molecule has 3 N–H and O–H groups in total. The summed E-state index contributed by atoms with van der Waals surface area (Å²) in [6.07, 6.45) is 4.04. The molecule has 0 spiro atoms. The van der Waals surface area contributed by atoms with E-state index < -0.39 is 5.41 Å². The summed E-state index contributed by atoms with van der Waals surface area (Å²) >= 11 is 0. The predicted octanol–water partition coefficient (Wildman–Crippen LogP) is 0.434. The summed E-state index contributed by atoms with van der Waals surface area (Å²) < 4.78 is 5.25. The molecule has 0 aromatic heterocycles. The van der Waals surface area contributed by atoms with Gasteiger partial charge in [-0.3, -0.25) is 4.79 Å². The second kappa shape index (κ2) is 5.88. The van der Waals surface area contributed by atoms with E-state index >= 15 is 0 Å². The van der Waals surface area contributed by atoms with Crippen LogP contribution in [0.25, 0.3) is 0 Å². The fourth-order valence-electron chi connectivity index (χ4n) is 1.76. The lowest BCUT2D eigenvalue weighted by Gasteiger charge is -2.34. The lowest BCUT2D eigenvalue weighted by atomic mass is 9.79. The first-order chi connectivity index (χ1) is 7.25. The number of ether oxygens (including phenoxy) is 1. The van der Waals surface area contributed by atoms with Crippen LogP contribution in [0.2, 0.25) is 0 Å². The molecule has 0 aromatic carbocycles. The van der Waals surface area contributed by atoms with Gasteiger partial charge in [0.2, 0.25) is 5.91 Å². The number of amides is 1. The zero-order valence-corrected chi connectivity index (χ0v) is 9.13. The summed E-state index contributed by atoms with van der Waals surface area (Å²) in [6, 6.07) is 0. The van der Waals surface area contributed by atoms with Crippen LogP contribution in [0.15, 0.2) is 12.7 Å². The average Bonchev–Trinajstić information content (AvgIpc) is 2.30. The maximum Gasteiger partial charge on any atom is 0.227 e. The van der Waals surface area contributed by atoms with Crippen LogP contribution in [0.5, 0.6) is 0 Å². The Bertz CT molecular complexity index is 223. The van der Waals surface area contributed by atoms with E-state index in [0.717, 1.165) is 19.3 Å². The van der Waals surface area contributed by atoms with Crippen molar-refractivity contribution < 1.29 is 9.53 Å². The molecule has 0 radical (unpaired) electrons. The predicted molar refractivity (Wildman–Crippen MR) is 59.4 cm³/mol. The topological polar surface area (TPSA) is 64.4 Å². The van der Waals surface area contributed by atoms with Crippen LogP contribution in [-0.2, 0) is 9.53 Å². The van der Waals surface area contributed by atoms with Gasteiger partial charge in [-0.15, -0.1) is 6.58 Å². The standard InChI is InChI=1S/C11H20N2O2/c1-2-3-6-13-10(14)11(9-12)4-7-15-8-5-11/h2H,1,3-9,12H2,(H,13,14). The highest BCUT2D eigenvalue weighted by Gasteiger charge is 2.38. The fourth-order valence-corrected chi connectivity index (χ4v) is 1.76. The Hall–Kier alpha value is -0.870. The van der Waals surface area contributed by atoms with Gasteiger partial charge < -0.3 is 15.8 Å². The number of carbonyl (C=O) groups excluding carboxylic acids is 1. The zero-order chi connectivity index (χ0) is 11.1. The first kappa shape index (κ1) is 12.2. The minimum atomic E-state index is -0.403. The summed E-state index contributed by atoms with van der Waals surface area (Å²) in [5.41, 5.74) is 5.30. The van der Waals surface area contributed by atoms with Crippen molar-refractivity contribution in [1.29, 1.82) is 0 Å². The molecule has 1 heterocycles. The number of hydrogen-bond acceptors (Lipinski definition) is 3. The van der Waals surface area contributed by atoms with E-state index in [1.807, 2.05) is 0 Å². The molecule has 1 aliphatic rings. The van der Waals surface area contributed by atoms with Crippen LogP contribution >= 0.6 is 0 Å². The monoisotopic (exact) mass is 212 g/mol. The molecule has 1 amide bonds. The average molecular weight is 212 g/mol. The number of hydrogen-bond donors (Lipinski definition) is 2. The van der Waals surface area contributed by atoms with Gasteiger partial charge in [0.25, 0.3) is 0 Å². The molecule has 0 bridgehead atoms. The SMILES string of the molecule is C=CCCNC(=O)C1(CN)CCOCC1. The molecule has 1 fully saturated rings. The molecule has 86 valence electrons. The smallest absolute Gasteiger partial charge is 0.227 e. The third-order valence-corrected chi connectivity index (χ3v) is 2.96. The van der Waals surface area contributed by atoms with Crippen molar-refractivity contribution in [3.63, 3.8) is 0 Å². The van der Waals surface area contributed by atoms with E-state index in [1.54, 1.807) is 6.08 Å². The Morgan fingerprint density at radius 2 is 2.20 bits per heavy atom. The molecule has 0 atom stereocenters. The summed E-state index contributed by atoms with van der Waals surface area (Å²) in [5, 5.41) is 2.90. The Morgan fingerprint density at radius 3 is 2.73 bits per heavy atom. The molecule has 0 unspecified atom stereocenters. The second-order valence-electron chi connectivity index (χ2n) is 3.93. The highest BCUT2D eigenvalue weighted by atomic mass is 16.5. The minimum absolute atomic E-state index is 0.0650. The lowest BCUT2D eigenvalue weighted by molar-refractivity contribution is -0.135. The van der Waals surface area contributed by atoms with Crippen LogP contribution < -0.4 is 11.1 Å². The molecule has 0 aliphatic carbocycles. The normalized spacial score (nSPS) is 19.5. The van der Waals surface area contributed by atoms with Gasteiger partial charge in [-0.2, -0.15) is 0 Å². The van der Waals surface area contributed by atoms with Gasteiger partial charge in [-0.05, 0) is 19.3 Å². The fraction of sp³-hybridized carbons (Fsp3) is 0.727. The van der Waals surface area contributed by atoms with Gasteiger partial charge in [-0.1, -0.05) is 6.08 Å². The van der Waals surface area contributed by atoms with E-state index in [4.69, 9.17) is 10.5 Å². The number of nitrogens with one attached hydrogen (secondary N) is 1. The number of rotatable bonds is 5. The van der Waals surface area contributed by atoms with Gasteiger partial charge >= 0.3 is 0 Å². The quantitative estimate of drug-likeness (QED) is 0.513. The summed E-state index contributed by atoms with van der Waals surface area (Å²) in [4.78, 5) is 11.9. The van der Waals surface area contributed by atoms with Gasteiger partial charge in [0, 0.05) is 26.3 Å². The van der Waals surface area contributed by atoms with Crippen molar-refractivity contribution in [1.82, 2.24) is 5.32 Å². The van der Waals surface area contributed by atoms with Gasteiger partial charge in [0.05, 0.1) is 5.41 Å². The van der Waals surface area contributed by atoms with Gasteiger partial charge in [0.1, 0.15) is 0 Å². The third kappa shape index (κ3) is 3.04. The molecule has 0 saturated carbocycles. The highest BCUT2D eigenvalue weighted by molar-refractivity contribution is 5.83. The van der Waals surface area contributed by atoms with Crippen LogP contribution in [0, 0.1) is 5.41 Å². The van der Waals surface area contributed by atoms with Crippen LogP contribution in [0.4, 0.5) is 0 Å². The van der Waals surface area contributed by atoms with Crippen molar-refractivity contribution in [2.75, 3.05) is 26.3 Å². The molecule has 1 aliphatic heterocycles. The Labute approximate surface area is 90.9 Å². The van der Waals surface area contributed by atoms with Gasteiger partial charge in [0.15, 0.2) is 0 Å². The van der Waals surface area contributed by atoms with Crippen molar-refractivity contribution in [2.24, 2.45) is 11.1 Å². The van der Waals surface area contributed by atoms with Gasteiger partial charge in [-0.25, -0.2) is 0 Å². The molecule has 0 aromatic rings. The van der Waals surface area contributed by atoms with E-state index in [1.165, 1.54) is 0 Å². The lowest BCUT2D eigenvalue weighted by Crippen LogP contribution is -2.49. The van der Waals surface area contributed by atoms with Crippen molar-refractivity contribution in [3.05, 3.63) is 12.7 Å². The number of carbonyl (C=O) groups is 1. The van der Waals surface area contributed by atoms with Crippen molar-refractivity contribution in [3.8, 4) is 0 Å². The van der Waals surface area contributed by atoms with E-state index in [0.29, 0.717) is 26.3 Å². The Morgan fingerprint density at radius 1 is 1.53 bits per heavy atom. The van der Waals surface area contributed by atoms with Crippen LogP contribution in [0.1, 0.15) is 19.3 Å². The molecule has 15 heavy (non-hydrogen) atoms. The third-order valence-electron chi connectivity index (χ3n) is 2.96. The Kier molecular flexibility index (Phi) is 4.78. The minimum Gasteiger partial charge on any atom is -0.381 e. The zero-order valence-electron chi connectivity index (χ0n) is 9.13. The van der Waals surface area contributed by atoms with Crippen LogP contribution in [-0.4, -0.2) is 32.2 Å². The summed E-state index contributed by atoms with van der Waals surface area (Å²) in [7, 11) is 0. The number of nitrogens with two attached hydrogens (primary N) is 1. The first-order valence-electron chi connectivity index (χ1n) is 5.42. The molecular formula is C11H20N2O2.